The zero-order valence-electron chi connectivity index (χ0n) is 12.5. The number of anilines is 2. The third-order valence-corrected chi connectivity index (χ3v) is 5.40. The molecule has 0 bridgehead atoms. The van der Waals surface area contributed by atoms with Gasteiger partial charge in [0.15, 0.2) is 5.13 Å². The van der Waals surface area contributed by atoms with Gasteiger partial charge in [-0.05, 0) is 47.1 Å². The van der Waals surface area contributed by atoms with Gasteiger partial charge in [-0.3, -0.25) is 4.40 Å². The summed E-state index contributed by atoms with van der Waals surface area (Å²) < 4.78 is 3.96. The van der Waals surface area contributed by atoms with E-state index in [0.29, 0.717) is 5.78 Å². The molecule has 120 valence electrons. The summed E-state index contributed by atoms with van der Waals surface area (Å²) >= 11 is 8.57. The lowest BCUT2D eigenvalue weighted by atomic mass is 10.3. The van der Waals surface area contributed by atoms with E-state index in [-0.39, 0.29) is 0 Å². The minimum atomic E-state index is 0.683. The molecule has 1 N–H and O–H groups in total. The second kappa shape index (κ2) is 6.27. The second-order valence-electron chi connectivity index (χ2n) is 5.12. The van der Waals surface area contributed by atoms with E-state index in [1.54, 1.807) is 17.5 Å². The van der Waals surface area contributed by atoms with E-state index in [1.807, 2.05) is 47.2 Å². The number of imidazole rings is 1. The Balaban J connectivity index is 1.70. The molecule has 0 aliphatic heterocycles. The van der Waals surface area contributed by atoms with E-state index in [2.05, 4.69) is 47.1 Å². The van der Waals surface area contributed by atoms with E-state index < -0.39 is 0 Å². The predicted octanol–water partition coefficient (Wildman–Crippen LogP) is 5.43. The van der Waals surface area contributed by atoms with Crippen molar-refractivity contribution in [1.82, 2.24) is 19.4 Å². The molecule has 0 spiro atoms. The zero-order valence-corrected chi connectivity index (χ0v) is 16.5. The van der Waals surface area contributed by atoms with Crippen LogP contribution < -0.4 is 5.32 Å². The van der Waals surface area contributed by atoms with Crippen LogP contribution in [0.3, 0.4) is 0 Å². The van der Waals surface area contributed by atoms with Crippen molar-refractivity contribution in [2.75, 3.05) is 5.32 Å². The summed E-state index contributed by atoms with van der Waals surface area (Å²) in [5.41, 5.74) is 3.73. The average molecular weight is 465 g/mol. The maximum atomic E-state index is 4.71. The van der Waals surface area contributed by atoms with Crippen molar-refractivity contribution in [3.05, 3.63) is 56.7 Å². The summed E-state index contributed by atoms with van der Waals surface area (Å²) in [7, 11) is 0. The summed E-state index contributed by atoms with van der Waals surface area (Å²) in [6, 6.07) is 7.87. The van der Waals surface area contributed by atoms with Crippen LogP contribution in [0, 0.1) is 6.92 Å². The average Bonchev–Trinajstić information content (AvgIpc) is 3.13. The first kappa shape index (κ1) is 15.7. The van der Waals surface area contributed by atoms with Gasteiger partial charge in [0.2, 0.25) is 5.78 Å². The Morgan fingerprint density at radius 3 is 2.92 bits per heavy atom. The van der Waals surface area contributed by atoms with Crippen LogP contribution in [-0.2, 0) is 0 Å². The number of hydrogen-bond acceptors (Lipinski definition) is 5. The van der Waals surface area contributed by atoms with E-state index in [1.165, 1.54) is 0 Å². The molecule has 0 radical (unpaired) electrons. The van der Waals surface area contributed by atoms with Crippen molar-refractivity contribution >= 4 is 59.8 Å². The van der Waals surface area contributed by atoms with Gasteiger partial charge in [-0.2, -0.15) is 0 Å². The highest BCUT2D eigenvalue weighted by atomic mass is 79.9. The molecule has 24 heavy (non-hydrogen) atoms. The molecule has 0 saturated carbocycles. The van der Waals surface area contributed by atoms with Crippen molar-refractivity contribution in [3.63, 3.8) is 0 Å². The van der Waals surface area contributed by atoms with Gasteiger partial charge < -0.3 is 5.32 Å². The fourth-order valence-electron chi connectivity index (χ4n) is 2.45. The van der Waals surface area contributed by atoms with Crippen LogP contribution in [0.4, 0.5) is 10.8 Å². The molecule has 4 rings (SSSR count). The lowest BCUT2D eigenvalue weighted by Crippen LogP contribution is -1.93. The molecule has 0 aliphatic carbocycles. The summed E-state index contributed by atoms with van der Waals surface area (Å²) in [4.78, 5) is 13.5. The van der Waals surface area contributed by atoms with Gasteiger partial charge >= 0.3 is 0 Å². The minimum Gasteiger partial charge on any atom is -0.331 e. The monoisotopic (exact) mass is 463 g/mol. The first-order valence-electron chi connectivity index (χ1n) is 7.09. The van der Waals surface area contributed by atoms with Gasteiger partial charge in [0, 0.05) is 26.7 Å². The highest BCUT2D eigenvalue weighted by molar-refractivity contribution is 9.11. The third-order valence-electron chi connectivity index (χ3n) is 3.50. The molecular weight excluding hydrogens is 454 g/mol. The number of halogens is 2. The molecule has 0 fully saturated rings. The van der Waals surface area contributed by atoms with Crippen LogP contribution >= 0.6 is 43.2 Å². The van der Waals surface area contributed by atoms with Gasteiger partial charge in [-0.1, -0.05) is 15.9 Å². The first-order chi connectivity index (χ1) is 11.6. The maximum Gasteiger partial charge on any atom is 0.234 e. The van der Waals surface area contributed by atoms with E-state index in [9.17, 15) is 0 Å². The Morgan fingerprint density at radius 1 is 1.21 bits per heavy atom. The topological polar surface area (TPSA) is 55.1 Å². The highest BCUT2D eigenvalue weighted by Gasteiger charge is 2.15. The van der Waals surface area contributed by atoms with Crippen LogP contribution in [-0.4, -0.2) is 19.4 Å². The Bertz CT molecular complexity index is 1040. The molecule has 4 aromatic rings. The van der Waals surface area contributed by atoms with E-state index >= 15 is 0 Å². The molecule has 0 unspecified atom stereocenters. The number of nitrogens with one attached hydrogen (secondary N) is 1. The highest BCUT2D eigenvalue weighted by Crippen LogP contribution is 2.32. The van der Waals surface area contributed by atoms with Crippen molar-refractivity contribution in [1.29, 1.82) is 0 Å². The van der Waals surface area contributed by atoms with Crippen molar-refractivity contribution in [3.8, 4) is 11.4 Å². The predicted molar refractivity (Wildman–Crippen MR) is 104 cm³/mol. The summed E-state index contributed by atoms with van der Waals surface area (Å²) in [6.07, 6.45) is 3.69. The Labute approximate surface area is 159 Å². The largest absolute Gasteiger partial charge is 0.331 e. The fourth-order valence-corrected chi connectivity index (χ4v) is 4.31. The number of nitrogens with zero attached hydrogens (tertiary/aromatic N) is 4. The smallest absolute Gasteiger partial charge is 0.234 e. The van der Waals surface area contributed by atoms with Gasteiger partial charge in [-0.25, -0.2) is 15.0 Å². The lowest BCUT2D eigenvalue weighted by molar-refractivity contribution is 1.11. The molecular formula is C16H11Br2N5S. The SMILES string of the molecule is Cc1nc2ncccn2c1-c1csc(Nc2ccc(Br)cc2Br)n1. The number of thiazole rings is 1. The van der Waals surface area contributed by atoms with Gasteiger partial charge in [0.1, 0.15) is 5.69 Å². The molecule has 8 heteroatoms. The maximum absolute atomic E-state index is 4.71. The number of rotatable bonds is 3. The number of benzene rings is 1. The quantitative estimate of drug-likeness (QED) is 0.439. The van der Waals surface area contributed by atoms with E-state index in [4.69, 9.17) is 4.98 Å². The van der Waals surface area contributed by atoms with Gasteiger partial charge in [0.05, 0.1) is 17.1 Å². The van der Waals surface area contributed by atoms with Gasteiger partial charge in [-0.15, -0.1) is 11.3 Å². The lowest BCUT2D eigenvalue weighted by Gasteiger charge is -2.05. The summed E-state index contributed by atoms with van der Waals surface area (Å²) in [5, 5.41) is 6.20. The van der Waals surface area contributed by atoms with Crippen LogP contribution in [0.5, 0.6) is 0 Å². The van der Waals surface area contributed by atoms with Gasteiger partial charge in [0.25, 0.3) is 0 Å². The van der Waals surface area contributed by atoms with Crippen LogP contribution in [0.2, 0.25) is 0 Å². The Morgan fingerprint density at radius 2 is 2.08 bits per heavy atom. The molecule has 0 aliphatic rings. The number of aryl methyl sites for hydroxylation is 1. The Hall–Kier alpha value is -1.77. The molecule has 0 saturated heterocycles. The standard InChI is InChI=1S/C16H11Br2N5S/c1-9-14(23-6-2-5-19-15(23)20-9)13-8-24-16(22-13)21-12-4-3-10(17)7-11(12)18/h2-8H,1H3,(H,21,22). The number of aromatic nitrogens is 4. The molecule has 3 heterocycles. The molecule has 0 amide bonds. The van der Waals surface area contributed by atoms with E-state index in [0.717, 1.165) is 36.8 Å². The fraction of sp³-hybridized carbons (Fsp3) is 0.0625. The van der Waals surface area contributed by atoms with Crippen molar-refractivity contribution in [2.45, 2.75) is 6.92 Å². The first-order valence-corrected chi connectivity index (χ1v) is 9.56. The summed E-state index contributed by atoms with van der Waals surface area (Å²) in [5.74, 6) is 0.683. The summed E-state index contributed by atoms with van der Waals surface area (Å²) in [6.45, 7) is 1.97. The van der Waals surface area contributed by atoms with Crippen LogP contribution in [0.15, 0.2) is 51.0 Å². The minimum absolute atomic E-state index is 0.683. The number of fused-ring (bicyclic) bond motifs is 1. The zero-order chi connectivity index (χ0) is 16.7. The third kappa shape index (κ3) is 2.85. The van der Waals surface area contributed by atoms with Crippen LogP contribution in [0.1, 0.15) is 5.69 Å². The molecule has 1 aromatic carbocycles. The molecule has 3 aromatic heterocycles. The second-order valence-corrected chi connectivity index (χ2v) is 7.75. The van der Waals surface area contributed by atoms with Crippen molar-refractivity contribution in [2.24, 2.45) is 0 Å². The normalized spacial score (nSPS) is 11.1. The van der Waals surface area contributed by atoms with Crippen molar-refractivity contribution < 1.29 is 0 Å². The molecule has 5 nitrogen and oxygen atoms in total. The number of hydrogen-bond donors (Lipinski definition) is 1. The Kier molecular flexibility index (Phi) is 4.11. The van der Waals surface area contributed by atoms with Crippen LogP contribution in [0.25, 0.3) is 17.2 Å². The molecule has 0 atom stereocenters.